The van der Waals surface area contributed by atoms with Gasteiger partial charge in [-0.25, -0.2) is 21.6 Å². The van der Waals surface area contributed by atoms with Gasteiger partial charge >= 0.3 is 0 Å². The van der Waals surface area contributed by atoms with Gasteiger partial charge in [0.05, 0.1) is 16.8 Å². The van der Waals surface area contributed by atoms with Crippen molar-refractivity contribution in [2.75, 3.05) is 31.1 Å². The summed E-state index contributed by atoms with van der Waals surface area (Å²) < 4.78 is 51.0. The lowest BCUT2D eigenvalue weighted by Gasteiger charge is -2.35. The second-order valence-electron chi connectivity index (χ2n) is 8.53. The summed E-state index contributed by atoms with van der Waals surface area (Å²) in [6.45, 7) is 2.70. The van der Waals surface area contributed by atoms with Crippen molar-refractivity contribution in [3.63, 3.8) is 0 Å². The molecular formula is C19H27ClN2O4S2. The van der Waals surface area contributed by atoms with E-state index in [0.29, 0.717) is 0 Å². The minimum atomic E-state index is -3.58. The summed E-state index contributed by atoms with van der Waals surface area (Å²) >= 11 is 6.01. The highest BCUT2D eigenvalue weighted by atomic mass is 35.5. The van der Waals surface area contributed by atoms with E-state index in [-0.39, 0.29) is 29.4 Å². The van der Waals surface area contributed by atoms with Crippen LogP contribution in [0.2, 0.25) is 5.02 Å². The van der Waals surface area contributed by atoms with Crippen molar-refractivity contribution < 1.29 is 16.8 Å². The van der Waals surface area contributed by atoms with Crippen molar-refractivity contribution in [1.29, 1.82) is 0 Å². The number of sulfone groups is 1. The second-order valence-corrected chi connectivity index (χ2v) is 13.2. The summed E-state index contributed by atoms with van der Waals surface area (Å²) in [5, 5.41) is -0.0436. The van der Waals surface area contributed by atoms with Crippen LogP contribution in [0.25, 0.3) is 0 Å². The molecule has 0 radical (unpaired) electrons. The van der Waals surface area contributed by atoms with E-state index >= 15 is 0 Å². The number of hydrogen-bond acceptors (Lipinski definition) is 5. The number of rotatable bonds is 6. The van der Waals surface area contributed by atoms with E-state index in [4.69, 9.17) is 11.6 Å². The number of hydrogen-bond donors (Lipinski definition) is 1. The fraction of sp³-hybridized carbons (Fsp3) is 0.684. The average molecular weight is 447 g/mol. The number of halogens is 1. The molecule has 4 rings (SSSR count). The van der Waals surface area contributed by atoms with E-state index in [2.05, 4.69) is 21.8 Å². The maximum Gasteiger partial charge on any atom is 0.215 e. The van der Waals surface area contributed by atoms with Crippen LogP contribution in [-0.4, -0.2) is 64.2 Å². The summed E-state index contributed by atoms with van der Waals surface area (Å²) in [6, 6.07) is 8.02. The Hall–Kier alpha value is -0.670. The number of nitrogens with zero attached hydrogens (tertiary/aromatic N) is 1. The van der Waals surface area contributed by atoms with Crippen molar-refractivity contribution in [2.45, 2.75) is 48.8 Å². The lowest BCUT2D eigenvalue weighted by molar-refractivity contribution is 0.191. The van der Waals surface area contributed by atoms with Crippen LogP contribution in [0, 0.1) is 0 Å². The first-order chi connectivity index (χ1) is 13.2. The predicted molar refractivity (Wildman–Crippen MR) is 111 cm³/mol. The average Bonchev–Trinajstić information content (AvgIpc) is 3.31. The lowest BCUT2D eigenvalue weighted by Crippen LogP contribution is -2.48. The SMILES string of the molecule is O=S1(=O)CCC(S(=O)(=O)NC2CCN(CC3(c4ccc(Cl)cc4)CC3)CC2)C1. The highest BCUT2D eigenvalue weighted by Crippen LogP contribution is 2.49. The molecule has 6 nitrogen and oxygen atoms in total. The Labute approximate surface area is 172 Å². The summed E-state index contributed by atoms with van der Waals surface area (Å²) in [6.07, 6.45) is 4.08. The van der Waals surface area contributed by atoms with Crippen LogP contribution in [0.4, 0.5) is 0 Å². The van der Waals surface area contributed by atoms with Crippen LogP contribution in [0.15, 0.2) is 24.3 Å². The Morgan fingerprint density at radius 1 is 1.11 bits per heavy atom. The number of benzene rings is 1. The van der Waals surface area contributed by atoms with Crippen molar-refractivity contribution in [2.24, 2.45) is 0 Å². The van der Waals surface area contributed by atoms with Gasteiger partial charge in [0.15, 0.2) is 9.84 Å². The third kappa shape index (κ3) is 4.56. The molecule has 2 aliphatic heterocycles. The van der Waals surface area contributed by atoms with Gasteiger partial charge in [-0.05, 0) is 62.9 Å². The lowest BCUT2D eigenvalue weighted by atomic mass is 9.94. The zero-order valence-electron chi connectivity index (χ0n) is 15.8. The molecule has 1 saturated carbocycles. The van der Waals surface area contributed by atoms with Gasteiger partial charge in [0, 0.05) is 23.0 Å². The standard InChI is InChI=1S/C19H27ClN2O4S2/c20-16-3-1-15(2-4-16)19(8-9-19)14-22-10-5-17(6-11-22)21-28(25,26)18-7-12-27(23,24)13-18/h1-4,17-18,21H,5-14H2. The largest absolute Gasteiger partial charge is 0.302 e. The van der Waals surface area contributed by atoms with E-state index in [1.165, 1.54) is 18.4 Å². The molecule has 28 heavy (non-hydrogen) atoms. The summed E-state index contributed by atoms with van der Waals surface area (Å²) in [4.78, 5) is 2.42. The smallest absolute Gasteiger partial charge is 0.215 e. The summed E-state index contributed by atoms with van der Waals surface area (Å²) in [5.74, 6) is -0.269. The molecule has 0 bridgehead atoms. The number of nitrogens with one attached hydrogen (secondary N) is 1. The van der Waals surface area contributed by atoms with Gasteiger partial charge in [-0.3, -0.25) is 0 Å². The van der Waals surface area contributed by atoms with Crippen LogP contribution >= 0.6 is 11.6 Å². The van der Waals surface area contributed by atoms with E-state index in [1.54, 1.807) is 0 Å². The van der Waals surface area contributed by atoms with Gasteiger partial charge in [-0.1, -0.05) is 23.7 Å². The van der Waals surface area contributed by atoms with Crippen molar-refractivity contribution >= 4 is 31.5 Å². The van der Waals surface area contributed by atoms with Crippen molar-refractivity contribution in [3.8, 4) is 0 Å². The third-order valence-corrected chi connectivity index (χ3v) is 10.6. The quantitative estimate of drug-likeness (QED) is 0.722. The van der Waals surface area contributed by atoms with E-state index in [1.807, 2.05) is 12.1 Å². The zero-order valence-corrected chi connectivity index (χ0v) is 18.2. The molecule has 0 amide bonds. The predicted octanol–water partition coefficient (Wildman–Crippen LogP) is 1.94. The molecule has 1 aromatic carbocycles. The van der Waals surface area contributed by atoms with Gasteiger partial charge in [0.2, 0.25) is 10.0 Å². The molecule has 9 heteroatoms. The Morgan fingerprint density at radius 3 is 2.29 bits per heavy atom. The van der Waals surface area contributed by atoms with E-state index < -0.39 is 25.1 Å². The molecule has 1 aromatic rings. The van der Waals surface area contributed by atoms with Crippen LogP contribution in [0.1, 0.15) is 37.7 Å². The highest BCUT2D eigenvalue weighted by Gasteiger charge is 2.46. The normalized spacial score (nSPS) is 27.7. The molecule has 3 fully saturated rings. The summed E-state index contributed by atoms with van der Waals surface area (Å²) in [7, 11) is -6.78. The van der Waals surface area contributed by atoms with Gasteiger partial charge in [-0.2, -0.15) is 0 Å². The van der Waals surface area contributed by atoms with Crippen molar-refractivity contribution in [3.05, 3.63) is 34.9 Å². The Bertz CT molecular complexity index is 919. The fourth-order valence-electron chi connectivity index (χ4n) is 4.46. The number of piperidine rings is 1. The maximum absolute atomic E-state index is 12.5. The fourth-order valence-corrected chi connectivity index (χ4v) is 8.94. The second kappa shape index (κ2) is 7.54. The van der Waals surface area contributed by atoms with Crippen LogP contribution < -0.4 is 4.72 Å². The molecule has 1 atom stereocenters. The Kier molecular flexibility index (Phi) is 5.55. The molecule has 1 N–H and O–H groups in total. The minimum Gasteiger partial charge on any atom is -0.302 e. The van der Waals surface area contributed by atoms with E-state index in [9.17, 15) is 16.8 Å². The maximum atomic E-state index is 12.5. The minimum absolute atomic E-state index is 0.0240. The van der Waals surface area contributed by atoms with Crippen LogP contribution in [0.5, 0.6) is 0 Å². The van der Waals surface area contributed by atoms with Gasteiger partial charge in [0.25, 0.3) is 0 Å². The molecule has 3 aliphatic rings. The molecule has 2 heterocycles. The van der Waals surface area contributed by atoms with Gasteiger partial charge < -0.3 is 4.90 Å². The molecule has 2 saturated heterocycles. The molecule has 0 aromatic heterocycles. The molecule has 1 aliphatic carbocycles. The number of sulfonamides is 1. The highest BCUT2D eigenvalue weighted by molar-refractivity contribution is 7.95. The van der Waals surface area contributed by atoms with Gasteiger partial charge in [-0.15, -0.1) is 0 Å². The van der Waals surface area contributed by atoms with E-state index in [0.717, 1.165) is 37.5 Å². The first kappa shape index (κ1) is 20.6. The third-order valence-electron chi connectivity index (χ3n) is 6.38. The molecule has 156 valence electrons. The Balaban J connectivity index is 1.30. The molecule has 1 unspecified atom stereocenters. The Morgan fingerprint density at radius 2 is 1.75 bits per heavy atom. The summed E-state index contributed by atoms with van der Waals surface area (Å²) in [5.41, 5.74) is 1.55. The number of likely N-dealkylation sites (tertiary alicyclic amines) is 1. The van der Waals surface area contributed by atoms with Crippen LogP contribution in [0.3, 0.4) is 0 Å². The monoisotopic (exact) mass is 446 g/mol. The first-order valence-corrected chi connectivity index (χ1v) is 13.6. The van der Waals surface area contributed by atoms with Crippen LogP contribution in [-0.2, 0) is 25.3 Å². The topological polar surface area (TPSA) is 83.5 Å². The van der Waals surface area contributed by atoms with Crippen molar-refractivity contribution in [1.82, 2.24) is 9.62 Å². The zero-order chi connectivity index (χ0) is 20.0. The molecule has 0 spiro atoms. The first-order valence-electron chi connectivity index (χ1n) is 9.88. The van der Waals surface area contributed by atoms with Gasteiger partial charge in [0.1, 0.15) is 0 Å². The molecular weight excluding hydrogens is 420 g/mol.